The number of rotatable bonds is 3. The normalized spacial score (nSPS) is 20.0. The average Bonchev–Trinajstić information content (AvgIpc) is 3.16. The maximum atomic E-state index is 10.4. The van der Waals surface area contributed by atoms with Crippen LogP contribution >= 0.6 is 0 Å². The van der Waals surface area contributed by atoms with Crippen molar-refractivity contribution in [3.05, 3.63) is 40.0 Å². The van der Waals surface area contributed by atoms with Gasteiger partial charge in [0.25, 0.3) is 0 Å². The molecule has 2 aliphatic rings. The van der Waals surface area contributed by atoms with Gasteiger partial charge in [0, 0.05) is 19.2 Å². The lowest BCUT2D eigenvalue weighted by Gasteiger charge is -2.23. The molecular weight excluding hydrogens is 306 g/mol. The molecule has 0 saturated carbocycles. The fourth-order valence-electron chi connectivity index (χ4n) is 2.94. The highest BCUT2D eigenvalue weighted by Gasteiger charge is 2.18. The van der Waals surface area contributed by atoms with E-state index in [0.29, 0.717) is 18.2 Å². The van der Waals surface area contributed by atoms with Gasteiger partial charge in [0.2, 0.25) is 11.8 Å². The zero-order chi connectivity index (χ0) is 16.5. The molecule has 1 aromatic heterocycles. The number of nitrogens with zero attached hydrogens (tertiary/aromatic N) is 4. The summed E-state index contributed by atoms with van der Waals surface area (Å²) < 4.78 is 7.14. The van der Waals surface area contributed by atoms with Crippen molar-refractivity contribution in [2.75, 3.05) is 18.5 Å². The third kappa shape index (κ3) is 2.78. The standard InChI is InChI=1S/C17H19N5O2/c1-22-16(23)15(20-17(22)19-13-3-2-6-24-10-13)8-11-4-5-14-12(7-11)9-18-21-14/h4-5,7-9,13,23H,2-3,6,10H2,1H3,(H,19,20)/b11-8+/t13-/m0/s1. The van der Waals surface area contributed by atoms with Crippen molar-refractivity contribution in [1.29, 1.82) is 0 Å². The predicted molar refractivity (Wildman–Crippen MR) is 90.7 cm³/mol. The quantitative estimate of drug-likeness (QED) is 0.861. The van der Waals surface area contributed by atoms with E-state index in [0.717, 1.165) is 35.6 Å². The van der Waals surface area contributed by atoms with Gasteiger partial charge in [-0.05, 0) is 36.3 Å². The molecule has 24 heavy (non-hydrogen) atoms. The van der Waals surface area contributed by atoms with E-state index in [1.54, 1.807) is 17.8 Å². The summed E-state index contributed by atoms with van der Waals surface area (Å²) in [6, 6.07) is 6.05. The third-order valence-electron chi connectivity index (χ3n) is 4.30. The Morgan fingerprint density at radius 1 is 1.42 bits per heavy atom. The Morgan fingerprint density at radius 2 is 2.33 bits per heavy atom. The molecule has 124 valence electrons. The number of hydrogen-bond donors (Lipinski definition) is 2. The van der Waals surface area contributed by atoms with Gasteiger partial charge in [-0.3, -0.25) is 4.57 Å². The van der Waals surface area contributed by atoms with Crippen LogP contribution in [-0.4, -0.2) is 40.1 Å². The summed E-state index contributed by atoms with van der Waals surface area (Å²) in [7, 11) is 1.79. The maximum absolute atomic E-state index is 10.4. The van der Waals surface area contributed by atoms with E-state index in [2.05, 4.69) is 20.5 Å². The molecule has 2 N–H and O–H groups in total. The van der Waals surface area contributed by atoms with Gasteiger partial charge in [-0.15, -0.1) is 0 Å². The average molecular weight is 325 g/mol. The first-order valence-corrected chi connectivity index (χ1v) is 8.03. The summed E-state index contributed by atoms with van der Waals surface area (Å²) in [6.45, 7) is 1.48. The smallest absolute Gasteiger partial charge is 0.220 e. The Balaban J connectivity index is 1.64. The summed E-state index contributed by atoms with van der Waals surface area (Å²) in [5.74, 6) is 0.778. The number of anilines is 1. The lowest BCUT2D eigenvalue weighted by molar-refractivity contribution is 0.0873. The van der Waals surface area contributed by atoms with Crippen molar-refractivity contribution in [2.45, 2.75) is 18.9 Å². The minimum atomic E-state index is 0.132. The van der Waals surface area contributed by atoms with Crippen molar-refractivity contribution >= 4 is 18.2 Å². The molecule has 0 bridgehead atoms. The van der Waals surface area contributed by atoms with E-state index >= 15 is 0 Å². The van der Waals surface area contributed by atoms with Gasteiger partial charge in [-0.1, -0.05) is 6.07 Å². The second kappa shape index (κ2) is 6.09. The highest BCUT2D eigenvalue weighted by molar-refractivity contribution is 5.80. The fraction of sp³-hybridized carbons (Fsp3) is 0.353. The van der Waals surface area contributed by atoms with Crippen molar-refractivity contribution in [1.82, 2.24) is 9.55 Å². The molecule has 1 saturated heterocycles. The Morgan fingerprint density at radius 3 is 3.17 bits per heavy atom. The number of ether oxygens (including phenoxy) is 1. The monoisotopic (exact) mass is 325 g/mol. The van der Waals surface area contributed by atoms with Crippen molar-refractivity contribution in [3.63, 3.8) is 0 Å². The molecule has 0 spiro atoms. The van der Waals surface area contributed by atoms with Crippen molar-refractivity contribution < 1.29 is 9.84 Å². The number of nitrogens with one attached hydrogen (secondary N) is 1. The van der Waals surface area contributed by atoms with Crippen LogP contribution in [0.4, 0.5) is 5.95 Å². The topological polar surface area (TPSA) is 84.0 Å². The molecule has 0 unspecified atom stereocenters. The lowest BCUT2D eigenvalue weighted by atomic mass is 10.1. The molecule has 7 heteroatoms. The van der Waals surface area contributed by atoms with Crippen LogP contribution in [0.5, 0.6) is 5.88 Å². The highest BCUT2D eigenvalue weighted by Crippen LogP contribution is 2.23. The lowest BCUT2D eigenvalue weighted by Crippen LogP contribution is -2.31. The molecule has 0 aliphatic carbocycles. The molecule has 7 nitrogen and oxygen atoms in total. The van der Waals surface area contributed by atoms with E-state index in [1.807, 2.05) is 24.3 Å². The zero-order valence-corrected chi connectivity index (χ0v) is 13.4. The molecule has 0 radical (unpaired) electrons. The predicted octanol–water partition coefficient (Wildman–Crippen LogP) is 0.512. The SMILES string of the molecule is Cn1c(N[C@H]2CCCOC2)nc(/C=c2\ccc3c(c2)C=NN=3)c1O. The summed E-state index contributed by atoms with van der Waals surface area (Å²) in [4.78, 5) is 4.53. The summed E-state index contributed by atoms with van der Waals surface area (Å²) in [5, 5.41) is 23.4. The van der Waals surface area contributed by atoms with E-state index in [4.69, 9.17) is 4.74 Å². The van der Waals surface area contributed by atoms with Crippen LogP contribution in [-0.2, 0) is 11.8 Å². The number of benzene rings is 1. The first-order valence-electron chi connectivity index (χ1n) is 8.03. The number of imidazole rings is 1. The number of fused-ring (bicyclic) bond motifs is 1. The van der Waals surface area contributed by atoms with E-state index < -0.39 is 0 Å². The largest absolute Gasteiger partial charge is 0.493 e. The zero-order valence-electron chi connectivity index (χ0n) is 13.4. The Bertz CT molecular complexity index is 910. The Kier molecular flexibility index (Phi) is 3.78. The molecule has 3 heterocycles. The van der Waals surface area contributed by atoms with Gasteiger partial charge in [0.05, 0.1) is 24.2 Å². The highest BCUT2D eigenvalue weighted by atomic mass is 16.5. The second-order valence-electron chi connectivity index (χ2n) is 6.07. The molecule has 1 fully saturated rings. The van der Waals surface area contributed by atoms with Crippen LogP contribution in [0, 0.1) is 0 Å². The van der Waals surface area contributed by atoms with Crippen LogP contribution in [0.25, 0.3) is 6.08 Å². The van der Waals surface area contributed by atoms with Gasteiger partial charge in [0.1, 0.15) is 5.69 Å². The van der Waals surface area contributed by atoms with E-state index in [-0.39, 0.29) is 11.9 Å². The van der Waals surface area contributed by atoms with Crippen LogP contribution in [0.2, 0.25) is 0 Å². The molecule has 2 aliphatic heterocycles. The summed E-state index contributed by atoms with van der Waals surface area (Å²) >= 11 is 0. The van der Waals surface area contributed by atoms with Crippen molar-refractivity contribution in [2.24, 2.45) is 17.3 Å². The van der Waals surface area contributed by atoms with Gasteiger partial charge < -0.3 is 15.2 Å². The fourth-order valence-corrected chi connectivity index (χ4v) is 2.94. The third-order valence-corrected chi connectivity index (χ3v) is 4.30. The summed E-state index contributed by atoms with van der Waals surface area (Å²) in [5.41, 5.74) is 1.50. The number of hydrogen-bond acceptors (Lipinski definition) is 6. The van der Waals surface area contributed by atoms with E-state index in [1.165, 1.54) is 0 Å². The van der Waals surface area contributed by atoms with Gasteiger partial charge in [-0.25, -0.2) is 4.98 Å². The van der Waals surface area contributed by atoms with Crippen LogP contribution in [0.3, 0.4) is 0 Å². The molecule has 0 amide bonds. The first-order chi connectivity index (χ1) is 11.7. The van der Waals surface area contributed by atoms with Crippen molar-refractivity contribution in [3.8, 4) is 5.88 Å². The van der Waals surface area contributed by atoms with Gasteiger partial charge in [-0.2, -0.15) is 10.2 Å². The number of aromatic hydroxyl groups is 1. The van der Waals surface area contributed by atoms with Crippen LogP contribution in [0.15, 0.2) is 28.4 Å². The summed E-state index contributed by atoms with van der Waals surface area (Å²) in [6.07, 6.45) is 5.65. The molecule has 2 aromatic rings. The minimum Gasteiger partial charge on any atom is -0.493 e. The molecule has 1 atom stereocenters. The van der Waals surface area contributed by atoms with Gasteiger partial charge in [0.15, 0.2) is 0 Å². The maximum Gasteiger partial charge on any atom is 0.220 e. The number of aromatic nitrogens is 2. The Labute approximate surface area is 139 Å². The first kappa shape index (κ1) is 14.9. The van der Waals surface area contributed by atoms with Crippen LogP contribution < -0.4 is 15.9 Å². The van der Waals surface area contributed by atoms with Gasteiger partial charge >= 0.3 is 0 Å². The molecule has 1 aromatic carbocycles. The van der Waals surface area contributed by atoms with Crippen LogP contribution in [0.1, 0.15) is 24.1 Å². The minimum absolute atomic E-state index is 0.132. The second-order valence-corrected chi connectivity index (χ2v) is 6.07. The molecule has 4 rings (SSSR count). The van der Waals surface area contributed by atoms with E-state index in [9.17, 15) is 5.11 Å². The molecular formula is C17H19N5O2. The Hall–Kier alpha value is -2.67.